The molecule has 0 radical (unpaired) electrons. The lowest BCUT2D eigenvalue weighted by Crippen LogP contribution is -2.38. The van der Waals surface area contributed by atoms with Crippen LogP contribution in [0.4, 0.5) is 0 Å². The summed E-state index contributed by atoms with van der Waals surface area (Å²) in [6, 6.07) is 0. The summed E-state index contributed by atoms with van der Waals surface area (Å²) in [6.07, 6.45) is 12.5. The Labute approximate surface area is 153 Å². The van der Waals surface area contributed by atoms with E-state index >= 15 is 0 Å². The van der Waals surface area contributed by atoms with E-state index in [1.807, 2.05) is 12.5 Å². The Balaban J connectivity index is 1.72. The largest absolute Gasteiger partial charge is 0.470 e. The molecule has 0 aromatic carbocycles. The van der Waals surface area contributed by atoms with E-state index in [9.17, 15) is 0 Å². The topological polar surface area (TPSA) is 36.9 Å². The van der Waals surface area contributed by atoms with Crippen LogP contribution in [0.5, 0.6) is 0 Å². The standard InChI is InChI=1S/C21H36O4/c1-5-18-10-12-20(7-3,24-16-18)22-14-9-15-23-21(8-4)13-11-19(6-2)17-25-21/h16-17H,5-15H2,1-4H3. The molecule has 0 aromatic rings. The fourth-order valence-electron chi connectivity index (χ4n) is 3.35. The highest BCUT2D eigenvalue weighted by Gasteiger charge is 2.34. The van der Waals surface area contributed by atoms with Crippen molar-refractivity contribution >= 4 is 0 Å². The van der Waals surface area contributed by atoms with Crippen molar-refractivity contribution in [2.75, 3.05) is 13.2 Å². The molecule has 0 saturated carbocycles. The van der Waals surface area contributed by atoms with Gasteiger partial charge in [0.15, 0.2) is 0 Å². The zero-order valence-corrected chi connectivity index (χ0v) is 16.6. The van der Waals surface area contributed by atoms with Crippen LogP contribution >= 0.6 is 0 Å². The van der Waals surface area contributed by atoms with Gasteiger partial charge in [0, 0.05) is 25.7 Å². The lowest BCUT2D eigenvalue weighted by molar-refractivity contribution is -0.235. The summed E-state index contributed by atoms with van der Waals surface area (Å²) < 4.78 is 24.1. The summed E-state index contributed by atoms with van der Waals surface area (Å²) in [5.74, 6) is -0.886. The van der Waals surface area contributed by atoms with Gasteiger partial charge in [-0.05, 0) is 43.3 Å². The van der Waals surface area contributed by atoms with Crippen molar-refractivity contribution in [2.24, 2.45) is 0 Å². The minimum absolute atomic E-state index is 0.443. The van der Waals surface area contributed by atoms with Crippen LogP contribution in [0.25, 0.3) is 0 Å². The predicted molar refractivity (Wildman–Crippen MR) is 100.0 cm³/mol. The average Bonchev–Trinajstić information content (AvgIpc) is 2.68. The second-order valence-electron chi connectivity index (χ2n) is 7.07. The van der Waals surface area contributed by atoms with Crippen LogP contribution in [0.15, 0.2) is 23.7 Å². The van der Waals surface area contributed by atoms with Gasteiger partial charge >= 0.3 is 0 Å². The fourth-order valence-corrected chi connectivity index (χ4v) is 3.35. The van der Waals surface area contributed by atoms with E-state index in [2.05, 4.69) is 27.7 Å². The lowest BCUT2D eigenvalue weighted by atomic mass is 9.99. The van der Waals surface area contributed by atoms with Gasteiger partial charge in [-0.2, -0.15) is 0 Å². The first kappa shape index (κ1) is 20.3. The van der Waals surface area contributed by atoms with Gasteiger partial charge in [0.05, 0.1) is 25.7 Å². The normalized spacial score (nSPS) is 29.4. The van der Waals surface area contributed by atoms with Crippen LogP contribution in [-0.2, 0) is 18.9 Å². The van der Waals surface area contributed by atoms with Crippen molar-refractivity contribution in [1.29, 1.82) is 0 Å². The summed E-state index contributed by atoms with van der Waals surface area (Å²) >= 11 is 0. The summed E-state index contributed by atoms with van der Waals surface area (Å²) in [6.45, 7) is 9.89. The van der Waals surface area contributed by atoms with Gasteiger partial charge in [0.1, 0.15) is 0 Å². The maximum absolute atomic E-state index is 6.10. The van der Waals surface area contributed by atoms with Crippen LogP contribution in [-0.4, -0.2) is 24.8 Å². The van der Waals surface area contributed by atoms with E-state index in [1.165, 1.54) is 11.1 Å². The molecule has 0 fully saturated rings. The molecule has 25 heavy (non-hydrogen) atoms. The Bertz CT molecular complexity index is 429. The SMILES string of the molecule is CCC1=COC(CC)(OCCCOC2(CC)CCC(CC)=CO2)CC1. The third-order valence-electron chi connectivity index (χ3n) is 5.54. The van der Waals surface area contributed by atoms with E-state index in [1.54, 1.807) is 0 Å². The van der Waals surface area contributed by atoms with Crippen LogP contribution < -0.4 is 0 Å². The molecule has 2 rings (SSSR count). The second kappa shape index (κ2) is 9.63. The average molecular weight is 353 g/mol. The van der Waals surface area contributed by atoms with Gasteiger partial charge in [0.25, 0.3) is 0 Å². The highest BCUT2D eigenvalue weighted by Crippen LogP contribution is 2.34. The van der Waals surface area contributed by atoms with E-state index in [0.717, 1.165) is 57.8 Å². The van der Waals surface area contributed by atoms with Crippen molar-refractivity contribution < 1.29 is 18.9 Å². The summed E-state index contributed by atoms with van der Waals surface area (Å²) in [5, 5.41) is 0. The van der Waals surface area contributed by atoms with E-state index in [0.29, 0.717) is 13.2 Å². The van der Waals surface area contributed by atoms with E-state index in [4.69, 9.17) is 18.9 Å². The summed E-state index contributed by atoms with van der Waals surface area (Å²) in [5.41, 5.74) is 2.74. The van der Waals surface area contributed by atoms with Gasteiger partial charge < -0.3 is 18.9 Å². The molecule has 2 unspecified atom stereocenters. The Morgan fingerprint density at radius 3 is 1.52 bits per heavy atom. The van der Waals surface area contributed by atoms with Gasteiger partial charge in [-0.3, -0.25) is 0 Å². The molecule has 4 nitrogen and oxygen atoms in total. The highest BCUT2D eigenvalue weighted by atomic mass is 16.7. The molecule has 2 aliphatic heterocycles. The Hall–Kier alpha value is -1.00. The molecule has 0 saturated heterocycles. The van der Waals surface area contributed by atoms with Gasteiger partial charge in [-0.25, -0.2) is 0 Å². The zero-order valence-electron chi connectivity index (χ0n) is 16.6. The fraction of sp³-hybridized carbons (Fsp3) is 0.810. The molecule has 0 aromatic heterocycles. The first-order chi connectivity index (χ1) is 12.1. The Morgan fingerprint density at radius 2 is 1.24 bits per heavy atom. The van der Waals surface area contributed by atoms with Crippen LogP contribution in [0.2, 0.25) is 0 Å². The van der Waals surface area contributed by atoms with Gasteiger partial charge in [0.2, 0.25) is 11.6 Å². The van der Waals surface area contributed by atoms with E-state index < -0.39 is 11.6 Å². The number of allylic oxidation sites excluding steroid dienone is 2. The van der Waals surface area contributed by atoms with Crippen molar-refractivity contribution in [1.82, 2.24) is 0 Å². The minimum Gasteiger partial charge on any atom is -0.470 e. The maximum atomic E-state index is 6.10. The number of hydrogen-bond acceptors (Lipinski definition) is 4. The molecule has 2 heterocycles. The molecule has 0 aliphatic carbocycles. The minimum atomic E-state index is -0.443. The van der Waals surface area contributed by atoms with Crippen LogP contribution in [0.3, 0.4) is 0 Å². The Kier molecular flexibility index (Phi) is 7.82. The number of hydrogen-bond donors (Lipinski definition) is 0. The van der Waals surface area contributed by atoms with Crippen LogP contribution in [0, 0.1) is 0 Å². The molecule has 2 atom stereocenters. The van der Waals surface area contributed by atoms with Crippen molar-refractivity contribution in [2.45, 2.75) is 97.1 Å². The van der Waals surface area contributed by atoms with Crippen LogP contribution in [0.1, 0.15) is 85.5 Å². The molecule has 0 amide bonds. The molecule has 2 aliphatic rings. The van der Waals surface area contributed by atoms with E-state index in [-0.39, 0.29) is 0 Å². The first-order valence-corrected chi connectivity index (χ1v) is 10.1. The molecule has 0 spiro atoms. The quantitative estimate of drug-likeness (QED) is 0.463. The number of rotatable bonds is 10. The third kappa shape index (κ3) is 5.49. The maximum Gasteiger partial charge on any atom is 0.209 e. The molecular formula is C21H36O4. The molecular weight excluding hydrogens is 316 g/mol. The van der Waals surface area contributed by atoms with Crippen molar-refractivity contribution in [3.8, 4) is 0 Å². The van der Waals surface area contributed by atoms with Crippen molar-refractivity contribution in [3.63, 3.8) is 0 Å². The summed E-state index contributed by atoms with van der Waals surface area (Å²) in [4.78, 5) is 0. The first-order valence-electron chi connectivity index (χ1n) is 10.1. The molecule has 144 valence electrons. The predicted octanol–water partition coefficient (Wildman–Crippen LogP) is 5.83. The zero-order chi connectivity index (χ0) is 18.2. The molecule has 0 bridgehead atoms. The monoisotopic (exact) mass is 352 g/mol. The smallest absolute Gasteiger partial charge is 0.209 e. The van der Waals surface area contributed by atoms with Crippen molar-refractivity contribution in [3.05, 3.63) is 23.7 Å². The molecule has 4 heteroatoms. The lowest BCUT2D eigenvalue weighted by Gasteiger charge is -2.37. The van der Waals surface area contributed by atoms with Gasteiger partial charge in [-0.15, -0.1) is 0 Å². The summed E-state index contributed by atoms with van der Waals surface area (Å²) in [7, 11) is 0. The van der Waals surface area contributed by atoms with Gasteiger partial charge in [-0.1, -0.05) is 27.7 Å². The molecule has 0 N–H and O–H groups in total. The Morgan fingerprint density at radius 1 is 0.800 bits per heavy atom. The second-order valence-corrected chi connectivity index (χ2v) is 7.07. The highest BCUT2D eigenvalue weighted by molar-refractivity contribution is 5.03. The number of ether oxygens (including phenoxy) is 4. The third-order valence-corrected chi connectivity index (χ3v) is 5.54.